The third kappa shape index (κ3) is 10.4. The lowest BCUT2D eigenvalue weighted by Gasteiger charge is -2.28. The number of ether oxygens (including phenoxy) is 1. The summed E-state index contributed by atoms with van der Waals surface area (Å²) in [7, 11) is 1.75. The summed E-state index contributed by atoms with van der Waals surface area (Å²) in [4.78, 5) is 4.59. The summed E-state index contributed by atoms with van der Waals surface area (Å²) < 4.78 is 5.51. The van der Waals surface area contributed by atoms with Crippen molar-refractivity contribution in [3.8, 4) is 0 Å². The molecule has 4 nitrogen and oxygen atoms in total. The minimum atomic E-state index is 0. The van der Waals surface area contributed by atoms with Crippen molar-refractivity contribution < 1.29 is 4.74 Å². The van der Waals surface area contributed by atoms with E-state index in [9.17, 15) is 0 Å². The lowest BCUT2D eigenvalue weighted by Crippen LogP contribution is -2.39. The predicted molar refractivity (Wildman–Crippen MR) is 94.6 cm³/mol. The molecule has 1 atom stereocenters. The molecular formula is C14H32IN3O. The fourth-order valence-corrected chi connectivity index (χ4v) is 1.60. The Morgan fingerprint density at radius 1 is 1.21 bits per heavy atom. The average Bonchev–Trinajstić information content (AvgIpc) is 2.28. The van der Waals surface area contributed by atoms with Crippen molar-refractivity contribution in [2.24, 2.45) is 10.4 Å². The van der Waals surface area contributed by atoms with Crippen LogP contribution in [0.4, 0.5) is 0 Å². The van der Waals surface area contributed by atoms with Crippen molar-refractivity contribution in [1.29, 1.82) is 0 Å². The summed E-state index contributed by atoms with van der Waals surface area (Å²) in [6.07, 6.45) is 2.49. The SMILES string of the molecule is CCCCNC(=NCC(OC)C(C)(C)C)NCC.I. The molecule has 0 saturated heterocycles. The van der Waals surface area contributed by atoms with Gasteiger partial charge in [-0.1, -0.05) is 34.1 Å². The Labute approximate surface area is 136 Å². The molecule has 0 heterocycles. The predicted octanol–water partition coefficient (Wildman–Crippen LogP) is 3.02. The van der Waals surface area contributed by atoms with Crippen molar-refractivity contribution in [2.75, 3.05) is 26.7 Å². The number of halogens is 1. The Bertz CT molecular complexity index is 239. The maximum atomic E-state index is 5.51. The molecular weight excluding hydrogens is 353 g/mol. The molecule has 0 aromatic rings. The van der Waals surface area contributed by atoms with Crippen LogP contribution >= 0.6 is 24.0 Å². The van der Waals surface area contributed by atoms with Crippen molar-refractivity contribution >= 4 is 29.9 Å². The van der Waals surface area contributed by atoms with Gasteiger partial charge in [0.15, 0.2) is 5.96 Å². The molecule has 5 heteroatoms. The van der Waals surface area contributed by atoms with Crippen molar-refractivity contribution in [3.63, 3.8) is 0 Å². The molecule has 0 spiro atoms. The highest BCUT2D eigenvalue weighted by Gasteiger charge is 2.23. The van der Waals surface area contributed by atoms with Gasteiger partial charge in [0.2, 0.25) is 0 Å². The summed E-state index contributed by atoms with van der Waals surface area (Å²) in [6.45, 7) is 13.3. The number of rotatable bonds is 7. The first-order chi connectivity index (χ1) is 8.45. The first kappa shape index (κ1) is 21.3. The Morgan fingerprint density at radius 2 is 1.84 bits per heavy atom. The van der Waals surface area contributed by atoms with Crippen LogP contribution in [0.15, 0.2) is 4.99 Å². The number of nitrogens with one attached hydrogen (secondary N) is 2. The number of hydrogen-bond acceptors (Lipinski definition) is 2. The summed E-state index contributed by atoms with van der Waals surface area (Å²) in [5.74, 6) is 0.886. The van der Waals surface area contributed by atoms with Crippen molar-refractivity contribution in [2.45, 2.75) is 53.6 Å². The first-order valence-electron chi connectivity index (χ1n) is 7.00. The minimum Gasteiger partial charge on any atom is -0.379 e. The summed E-state index contributed by atoms with van der Waals surface area (Å²) in [5, 5.41) is 6.59. The van der Waals surface area contributed by atoms with E-state index in [2.05, 4.69) is 50.2 Å². The van der Waals surface area contributed by atoms with Crippen LogP contribution in [0.25, 0.3) is 0 Å². The van der Waals surface area contributed by atoms with Gasteiger partial charge in [0.1, 0.15) is 0 Å². The largest absolute Gasteiger partial charge is 0.379 e. The zero-order valence-corrected chi connectivity index (χ0v) is 15.7. The topological polar surface area (TPSA) is 45.7 Å². The fraction of sp³-hybridized carbons (Fsp3) is 0.929. The van der Waals surface area contributed by atoms with Crippen LogP contribution in [0.2, 0.25) is 0 Å². The van der Waals surface area contributed by atoms with Gasteiger partial charge in [0.25, 0.3) is 0 Å². The van der Waals surface area contributed by atoms with Gasteiger partial charge in [-0.3, -0.25) is 4.99 Å². The molecule has 0 aliphatic heterocycles. The van der Waals surface area contributed by atoms with E-state index in [0.29, 0.717) is 6.54 Å². The first-order valence-corrected chi connectivity index (χ1v) is 7.00. The van der Waals surface area contributed by atoms with Gasteiger partial charge in [-0.25, -0.2) is 0 Å². The molecule has 19 heavy (non-hydrogen) atoms. The molecule has 0 saturated carbocycles. The van der Waals surface area contributed by atoms with Crippen LogP contribution < -0.4 is 10.6 Å². The van der Waals surface area contributed by atoms with Gasteiger partial charge >= 0.3 is 0 Å². The number of guanidine groups is 1. The standard InChI is InChI=1S/C14H31N3O.HI/c1-7-9-10-16-13(15-8-2)17-11-12(18-6)14(3,4)5;/h12H,7-11H2,1-6H3,(H2,15,16,17);1H. The van der Waals surface area contributed by atoms with Crippen LogP contribution in [0.1, 0.15) is 47.5 Å². The number of nitrogens with zero attached hydrogens (tertiary/aromatic N) is 1. The molecule has 0 aromatic carbocycles. The maximum absolute atomic E-state index is 5.51. The third-order valence-electron chi connectivity index (χ3n) is 2.83. The second-order valence-electron chi connectivity index (χ2n) is 5.59. The highest BCUT2D eigenvalue weighted by Crippen LogP contribution is 2.21. The van der Waals surface area contributed by atoms with E-state index in [4.69, 9.17) is 4.74 Å². The van der Waals surface area contributed by atoms with Crippen LogP contribution in [0, 0.1) is 5.41 Å². The highest BCUT2D eigenvalue weighted by atomic mass is 127. The summed E-state index contributed by atoms with van der Waals surface area (Å²) >= 11 is 0. The molecule has 0 aliphatic rings. The van der Waals surface area contributed by atoms with E-state index in [0.717, 1.165) is 25.5 Å². The molecule has 0 radical (unpaired) electrons. The van der Waals surface area contributed by atoms with Crippen molar-refractivity contribution in [3.05, 3.63) is 0 Å². The zero-order valence-electron chi connectivity index (χ0n) is 13.4. The lowest BCUT2D eigenvalue weighted by atomic mass is 9.89. The second kappa shape index (κ2) is 11.8. The molecule has 0 amide bonds. The van der Waals surface area contributed by atoms with Gasteiger partial charge in [-0.15, -0.1) is 24.0 Å². The lowest BCUT2D eigenvalue weighted by molar-refractivity contribution is 0.0241. The number of hydrogen-bond donors (Lipinski definition) is 2. The number of aliphatic imine (C=N–C) groups is 1. The molecule has 0 fully saturated rings. The van der Waals surface area contributed by atoms with E-state index in [-0.39, 0.29) is 35.5 Å². The molecule has 1 unspecified atom stereocenters. The van der Waals surface area contributed by atoms with Crippen LogP contribution in [0.3, 0.4) is 0 Å². The highest BCUT2D eigenvalue weighted by molar-refractivity contribution is 14.0. The minimum absolute atomic E-state index is 0. The molecule has 0 aliphatic carbocycles. The van der Waals surface area contributed by atoms with Gasteiger partial charge in [0.05, 0.1) is 12.6 Å². The number of methoxy groups -OCH3 is 1. The Hall–Kier alpha value is -0.0400. The van der Waals surface area contributed by atoms with E-state index in [1.54, 1.807) is 7.11 Å². The zero-order chi connectivity index (χ0) is 14.0. The van der Waals surface area contributed by atoms with E-state index in [1.165, 1.54) is 6.42 Å². The van der Waals surface area contributed by atoms with Gasteiger partial charge < -0.3 is 15.4 Å². The van der Waals surface area contributed by atoms with E-state index >= 15 is 0 Å². The van der Waals surface area contributed by atoms with Crippen LogP contribution in [-0.4, -0.2) is 38.8 Å². The number of unbranched alkanes of at least 4 members (excludes halogenated alkanes) is 1. The molecule has 0 aromatic heterocycles. The van der Waals surface area contributed by atoms with E-state index < -0.39 is 0 Å². The molecule has 0 bridgehead atoms. The molecule has 0 rings (SSSR count). The van der Waals surface area contributed by atoms with E-state index in [1.807, 2.05) is 0 Å². The Balaban J connectivity index is 0. The molecule has 116 valence electrons. The normalized spacial score (nSPS) is 13.7. The Kier molecular flexibility index (Phi) is 13.2. The Morgan fingerprint density at radius 3 is 2.26 bits per heavy atom. The monoisotopic (exact) mass is 385 g/mol. The summed E-state index contributed by atoms with van der Waals surface area (Å²) in [5.41, 5.74) is 0.110. The quantitative estimate of drug-likeness (QED) is 0.307. The van der Waals surface area contributed by atoms with Gasteiger partial charge in [-0.2, -0.15) is 0 Å². The molecule has 2 N–H and O–H groups in total. The maximum Gasteiger partial charge on any atom is 0.191 e. The van der Waals surface area contributed by atoms with Gasteiger partial charge in [-0.05, 0) is 18.8 Å². The summed E-state index contributed by atoms with van der Waals surface area (Å²) in [6, 6.07) is 0. The average molecular weight is 385 g/mol. The van der Waals surface area contributed by atoms with Gasteiger partial charge in [0, 0.05) is 20.2 Å². The third-order valence-corrected chi connectivity index (χ3v) is 2.83. The fourth-order valence-electron chi connectivity index (χ4n) is 1.60. The second-order valence-corrected chi connectivity index (χ2v) is 5.59. The van der Waals surface area contributed by atoms with Crippen molar-refractivity contribution in [1.82, 2.24) is 10.6 Å². The van der Waals surface area contributed by atoms with Crippen LogP contribution in [0.5, 0.6) is 0 Å². The smallest absolute Gasteiger partial charge is 0.191 e. The van der Waals surface area contributed by atoms with Crippen LogP contribution in [-0.2, 0) is 4.74 Å².